The Hall–Kier alpha value is -1.48. The zero-order valence-corrected chi connectivity index (χ0v) is 12.4. The van der Waals surface area contributed by atoms with Crippen LogP contribution in [0.15, 0.2) is 40.9 Å². The lowest BCUT2D eigenvalue weighted by Gasteiger charge is -2.07. The highest BCUT2D eigenvalue weighted by atomic mass is 79.9. The summed E-state index contributed by atoms with van der Waals surface area (Å²) in [5, 5.41) is 0. The average Bonchev–Trinajstić information content (AvgIpc) is 2.36. The maximum absolute atomic E-state index is 13.1. The monoisotopic (exact) mass is 320 g/mol. The van der Waals surface area contributed by atoms with Crippen molar-refractivity contribution in [3.8, 4) is 0 Å². The molecular weight excluding hydrogens is 307 g/mol. The zero-order chi connectivity index (χ0) is 14.0. The second kappa shape index (κ2) is 5.66. The Morgan fingerprint density at radius 2 is 1.89 bits per heavy atom. The Balaban J connectivity index is 2.25. The van der Waals surface area contributed by atoms with E-state index in [4.69, 9.17) is 0 Å². The topological polar surface area (TPSA) is 17.1 Å². The van der Waals surface area contributed by atoms with Crippen LogP contribution in [0.2, 0.25) is 0 Å². The van der Waals surface area contributed by atoms with Crippen molar-refractivity contribution in [2.75, 3.05) is 0 Å². The van der Waals surface area contributed by atoms with Gasteiger partial charge in [0.1, 0.15) is 5.82 Å². The van der Waals surface area contributed by atoms with Gasteiger partial charge in [-0.15, -0.1) is 0 Å². The molecule has 0 bridgehead atoms. The number of halogens is 2. The first-order valence-corrected chi connectivity index (χ1v) is 6.81. The number of hydrogen-bond acceptors (Lipinski definition) is 1. The lowest BCUT2D eigenvalue weighted by Crippen LogP contribution is -2.06. The summed E-state index contributed by atoms with van der Waals surface area (Å²) in [5.41, 5.74) is 3.57. The van der Waals surface area contributed by atoms with Gasteiger partial charge in [0.05, 0.1) is 4.47 Å². The standard InChI is InChI=1S/C16H14BrFO/c1-10-3-4-11(2)13(7-10)16(19)9-12-5-6-15(18)14(17)8-12/h3-8H,9H2,1-2H3. The molecule has 0 heterocycles. The van der Waals surface area contributed by atoms with Crippen LogP contribution in [0.25, 0.3) is 0 Å². The average molecular weight is 321 g/mol. The van der Waals surface area contributed by atoms with E-state index < -0.39 is 0 Å². The van der Waals surface area contributed by atoms with E-state index in [1.54, 1.807) is 12.1 Å². The lowest BCUT2D eigenvalue weighted by molar-refractivity contribution is 0.0992. The first-order chi connectivity index (χ1) is 8.97. The van der Waals surface area contributed by atoms with Crippen molar-refractivity contribution in [2.45, 2.75) is 20.3 Å². The highest BCUT2D eigenvalue weighted by Crippen LogP contribution is 2.19. The first-order valence-electron chi connectivity index (χ1n) is 6.02. The van der Waals surface area contributed by atoms with Gasteiger partial charge in [-0.05, 0) is 59.1 Å². The summed E-state index contributed by atoms with van der Waals surface area (Å²) in [6, 6.07) is 10.5. The van der Waals surface area contributed by atoms with Gasteiger partial charge < -0.3 is 0 Å². The number of ketones is 1. The first kappa shape index (κ1) is 13.9. The van der Waals surface area contributed by atoms with E-state index in [1.807, 2.05) is 32.0 Å². The maximum atomic E-state index is 13.1. The van der Waals surface area contributed by atoms with Crippen molar-refractivity contribution in [3.05, 3.63) is 68.9 Å². The van der Waals surface area contributed by atoms with Gasteiger partial charge in [0.25, 0.3) is 0 Å². The summed E-state index contributed by atoms with van der Waals surface area (Å²) in [6.07, 6.45) is 0.281. The highest BCUT2D eigenvalue weighted by Gasteiger charge is 2.11. The van der Waals surface area contributed by atoms with Crippen molar-refractivity contribution in [2.24, 2.45) is 0 Å². The third-order valence-electron chi connectivity index (χ3n) is 3.04. The van der Waals surface area contributed by atoms with Crippen molar-refractivity contribution in [3.63, 3.8) is 0 Å². The van der Waals surface area contributed by atoms with E-state index in [0.717, 1.165) is 22.3 Å². The Kier molecular flexibility index (Phi) is 4.15. The molecule has 0 aliphatic heterocycles. The number of hydrogen-bond donors (Lipinski definition) is 0. The molecule has 0 radical (unpaired) electrons. The van der Waals surface area contributed by atoms with E-state index in [9.17, 15) is 9.18 Å². The normalized spacial score (nSPS) is 10.5. The molecule has 2 rings (SSSR count). The molecule has 3 heteroatoms. The van der Waals surface area contributed by atoms with E-state index >= 15 is 0 Å². The largest absolute Gasteiger partial charge is 0.294 e. The van der Waals surface area contributed by atoms with Gasteiger partial charge in [0, 0.05) is 12.0 Å². The molecule has 0 unspecified atom stereocenters. The van der Waals surface area contributed by atoms with Crippen LogP contribution in [-0.4, -0.2) is 5.78 Å². The fourth-order valence-corrected chi connectivity index (χ4v) is 2.39. The van der Waals surface area contributed by atoms with E-state index in [-0.39, 0.29) is 18.0 Å². The quantitative estimate of drug-likeness (QED) is 0.753. The van der Waals surface area contributed by atoms with Crippen molar-refractivity contribution < 1.29 is 9.18 Å². The van der Waals surface area contributed by atoms with Crippen LogP contribution >= 0.6 is 15.9 Å². The Morgan fingerprint density at radius 1 is 1.16 bits per heavy atom. The molecule has 19 heavy (non-hydrogen) atoms. The van der Waals surface area contributed by atoms with Crippen LogP contribution in [0, 0.1) is 19.7 Å². The van der Waals surface area contributed by atoms with Crippen LogP contribution in [-0.2, 0) is 6.42 Å². The molecule has 0 aliphatic rings. The molecule has 0 aliphatic carbocycles. The van der Waals surface area contributed by atoms with Crippen LogP contribution in [0.4, 0.5) is 4.39 Å². The summed E-state index contributed by atoms with van der Waals surface area (Å²) in [4.78, 5) is 12.3. The number of aryl methyl sites for hydroxylation is 2. The summed E-state index contributed by atoms with van der Waals surface area (Å²) in [6.45, 7) is 3.89. The Bertz CT molecular complexity index is 635. The van der Waals surface area contributed by atoms with Gasteiger partial charge in [0.2, 0.25) is 0 Å². The molecule has 98 valence electrons. The van der Waals surface area contributed by atoms with Crippen molar-refractivity contribution in [1.82, 2.24) is 0 Å². The third kappa shape index (κ3) is 3.29. The predicted molar refractivity (Wildman–Crippen MR) is 78.1 cm³/mol. The molecular formula is C16H14BrFO. The summed E-state index contributed by atoms with van der Waals surface area (Å²) >= 11 is 3.13. The molecule has 1 nitrogen and oxygen atoms in total. The molecule has 0 saturated heterocycles. The molecule has 0 spiro atoms. The smallest absolute Gasteiger partial charge is 0.167 e. The van der Waals surface area contributed by atoms with E-state index in [1.165, 1.54) is 6.07 Å². The molecule has 0 N–H and O–H groups in total. The van der Waals surface area contributed by atoms with E-state index in [2.05, 4.69) is 15.9 Å². The number of benzene rings is 2. The third-order valence-corrected chi connectivity index (χ3v) is 3.65. The number of carbonyl (C=O) groups is 1. The maximum Gasteiger partial charge on any atom is 0.167 e. The van der Waals surface area contributed by atoms with Gasteiger partial charge in [-0.3, -0.25) is 4.79 Å². The minimum absolute atomic E-state index is 0.0553. The molecule has 2 aromatic carbocycles. The summed E-state index contributed by atoms with van der Waals surface area (Å²) in [7, 11) is 0. The summed E-state index contributed by atoms with van der Waals surface area (Å²) < 4.78 is 13.5. The molecule has 0 fully saturated rings. The fourth-order valence-electron chi connectivity index (χ4n) is 1.97. The lowest BCUT2D eigenvalue weighted by atomic mass is 9.97. The molecule has 0 aromatic heterocycles. The molecule has 0 saturated carbocycles. The molecule has 0 amide bonds. The zero-order valence-electron chi connectivity index (χ0n) is 10.8. The number of carbonyl (C=O) groups excluding carboxylic acids is 1. The number of Topliss-reactive ketones (excluding diaryl/α,β-unsaturated/α-hetero) is 1. The van der Waals surface area contributed by atoms with Crippen LogP contribution in [0.5, 0.6) is 0 Å². The number of rotatable bonds is 3. The van der Waals surface area contributed by atoms with Crippen LogP contribution in [0.1, 0.15) is 27.0 Å². The van der Waals surface area contributed by atoms with Gasteiger partial charge in [0.15, 0.2) is 5.78 Å². The highest BCUT2D eigenvalue weighted by molar-refractivity contribution is 9.10. The second-order valence-corrected chi connectivity index (χ2v) is 5.52. The Labute approximate surface area is 120 Å². The second-order valence-electron chi connectivity index (χ2n) is 4.67. The predicted octanol–water partition coefficient (Wildman–Crippen LogP) is 4.63. The van der Waals surface area contributed by atoms with Crippen LogP contribution in [0.3, 0.4) is 0 Å². The summed E-state index contributed by atoms with van der Waals surface area (Å²) in [5.74, 6) is -0.261. The Morgan fingerprint density at radius 3 is 2.58 bits per heavy atom. The minimum Gasteiger partial charge on any atom is -0.294 e. The van der Waals surface area contributed by atoms with Crippen molar-refractivity contribution in [1.29, 1.82) is 0 Å². The van der Waals surface area contributed by atoms with Gasteiger partial charge in [-0.1, -0.05) is 23.8 Å². The SMILES string of the molecule is Cc1ccc(C)c(C(=O)Cc2ccc(F)c(Br)c2)c1. The van der Waals surface area contributed by atoms with Gasteiger partial charge >= 0.3 is 0 Å². The fraction of sp³-hybridized carbons (Fsp3) is 0.188. The van der Waals surface area contributed by atoms with Crippen molar-refractivity contribution >= 4 is 21.7 Å². The minimum atomic E-state index is -0.317. The van der Waals surface area contributed by atoms with E-state index in [0.29, 0.717) is 4.47 Å². The van der Waals surface area contributed by atoms with Crippen LogP contribution < -0.4 is 0 Å². The van der Waals surface area contributed by atoms with Gasteiger partial charge in [-0.25, -0.2) is 4.39 Å². The van der Waals surface area contributed by atoms with Gasteiger partial charge in [-0.2, -0.15) is 0 Å². The molecule has 2 aromatic rings. The molecule has 0 atom stereocenters.